The fraction of sp³-hybridized carbons (Fsp3) is 0.294. The summed E-state index contributed by atoms with van der Waals surface area (Å²) in [6.45, 7) is 2.41. The van der Waals surface area contributed by atoms with Gasteiger partial charge in [-0.05, 0) is 59.1 Å². The molecule has 1 aromatic carbocycles. The van der Waals surface area contributed by atoms with Crippen molar-refractivity contribution in [1.29, 1.82) is 0 Å². The summed E-state index contributed by atoms with van der Waals surface area (Å²) in [6.07, 6.45) is 2.76. The number of carbonyl (C=O) groups is 1. The first-order chi connectivity index (χ1) is 12.3. The molecule has 1 N–H and O–H groups in total. The summed E-state index contributed by atoms with van der Waals surface area (Å²) >= 11 is 3.33. The number of hydrogen-bond donors (Lipinski definition) is 1. The van der Waals surface area contributed by atoms with E-state index in [1.165, 1.54) is 19.4 Å². The van der Waals surface area contributed by atoms with E-state index in [0.29, 0.717) is 18.7 Å². The number of rotatable bonds is 5. The van der Waals surface area contributed by atoms with Crippen LogP contribution < -0.4 is 14.4 Å². The van der Waals surface area contributed by atoms with E-state index < -0.39 is 10.0 Å². The number of benzene rings is 1. The lowest BCUT2D eigenvalue weighted by molar-refractivity contribution is -0.117. The molecular formula is C17H18BrN3O4S. The largest absolute Gasteiger partial charge is 0.495 e. The maximum atomic E-state index is 12.9. The average molecular weight is 440 g/mol. The van der Waals surface area contributed by atoms with Crippen molar-refractivity contribution < 1.29 is 17.9 Å². The van der Waals surface area contributed by atoms with Crippen molar-refractivity contribution in [2.45, 2.75) is 24.7 Å². The van der Waals surface area contributed by atoms with Gasteiger partial charge in [-0.2, -0.15) is 0 Å². The number of sulfonamides is 1. The van der Waals surface area contributed by atoms with Crippen molar-refractivity contribution in [2.24, 2.45) is 0 Å². The molecule has 1 aliphatic rings. The lowest BCUT2D eigenvalue weighted by Crippen LogP contribution is -2.24. The zero-order valence-corrected chi connectivity index (χ0v) is 16.7. The Morgan fingerprint density at radius 3 is 2.69 bits per heavy atom. The van der Waals surface area contributed by atoms with Crippen molar-refractivity contribution in [2.75, 3.05) is 23.3 Å². The van der Waals surface area contributed by atoms with Gasteiger partial charge in [-0.15, -0.1) is 0 Å². The lowest BCUT2D eigenvalue weighted by atomic mass is 10.3. The second kappa shape index (κ2) is 7.24. The standard InChI is InChI=1S/C17H18BrN3O4S/c1-11-8-16(19-10-13(11)18)20-26(23,24)15-9-12(5-6-14(15)25-2)21-7-3-4-17(21)22/h5-6,8-10H,3-4,7H2,1-2H3,(H,19,20). The zero-order chi connectivity index (χ0) is 18.9. The molecule has 26 heavy (non-hydrogen) atoms. The minimum absolute atomic E-state index is 0.0170. The van der Waals surface area contributed by atoms with Crippen LogP contribution in [0.25, 0.3) is 0 Å². The Morgan fingerprint density at radius 1 is 1.31 bits per heavy atom. The molecule has 0 saturated carbocycles. The number of nitrogens with one attached hydrogen (secondary N) is 1. The number of aromatic nitrogens is 1. The van der Waals surface area contributed by atoms with Crippen molar-refractivity contribution in [3.05, 3.63) is 40.5 Å². The molecule has 7 nitrogen and oxygen atoms in total. The fourth-order valence-corrected chi connectivity index (χ4v) is 4.16. The van der Waals surface area contributed by atoms with E-state index in [-0.39, 0.29) is 22.4 Å². The average Bonchev–Trinajstić information content (AvgIpc) is 3.03. The van der Waals surface area contributed by atoms with Crippen LogP contribution in [0.15, 0.2) is 39.8 Å². The van der Waals surface area contributed by atoms with Crippen molar-refractivity contribution in [1.82, 2.24) is 4.98 Å². The molecule has 3 rings (SSSR count). The van der Waals surface area contributed by atoms with Crippen LogP contribution in [0.1, 0.15) is 18.4 Å². The highest BCUT2D eigenvalue weighted by Crippen LogP contribution is 2.32. The maximum absolute atomic E-state index is 12.9. The molecule has 1 aromatic heterocycles. The van der Waals surface area contributed by atoms with E-state index in [0.717, 1.165) is 16.5 Å². The van der Waals surface area contributed by atoms with Crippen molar-refractivity contribution >= 4 is 43.4 Å². The van der Waals surface area contributed by atoms with E-state index in [2.05, 4.69) is 25.6 Å². The van der Waals surface area contributed by atoms with Crippen molar-refractivity contribution in [3.63, 3.8) is 0 Å². The number of ether oxygens (including phenoxy) is 1. The highest BCUT2D eigenvalue weighted by molar-refractivity contribution is 9.10. The smallest absolute Gasteiger partial charge is 0.266 e. The fourth-order valence-electron chi connectivity index (χ4n) is 2.75. The van der Waals surface area contributed by atoms with Gasteiger partial charge in [0, 0.05) is 29.3 Å². The summed E-state index contributed by atoms with van der Waals surface area (Å²) in [7, 11) is -2.55. The van der Waals surface area contributed by atoms with Gasteiger partial charge in [0.15, 0.2) is 0 Å². The number of amides is 1. The molecular weight excluding hydrogens is 422 g/mol. The van der Waals surface area contributed by atoms with Crippen LogP contribution in [-0.4, -0.2) is 33.0 Å². The maximum Gasteiger partial charge on any atom is 0.266 e. The third kappa shape index (κ3) is 3.68. The Hall–Kier alpha value is -2.13. The van der Waals surface area contributed by atoms with Gasteiger partial charge in [-0.1, -0.05) is 0 Å². The van der Waals surface area contributed by atoms with Crippen LogP contribution in [0.3, 0.4) is 0 Å². The van der Waals surface area contributed by atoms with Gasteiger partial charge in [0.1, 0.15) is 16.5 Å². The predicted octanol–water partition coefficient (Wildman–Crippen LogP) is 3.09. The monoisotopic (exact) mass is 439 g/mol. The molecule has 0 unspecified atom stereocenters. The van der Waals surface area contributed by atoms with Crippen LogP contribution in [0.5, 0.6) is 5.75 Å². The Morgan fingerprint density at radius 2 is 2.08 bits per heavy atom. The van der Waals surface area contributed by atoms with Crippen LogP contribution in [0, 0.1) is 6.92 Å². The summed E-state index contributed by atoms with van der Waals surface area (Å²) in [4.78, 5) is 17.6. The van der Waals surface area contributed by atoms with Gasteiger partial charge < -0.3 is 9.64 Å². The summed E-state index contributed by atoms with van der Waals surface area (Å²) in [5, 5.41) is 0. The van der Waals surface area contributed by atoms with Crippen LogP contribution in [0.4, 0.5) is 11.5 Å². The Labute approximate surface area is 160 Å². The summed E-state index contributed by atoms with van der Waals surface area (Å²) in [5.41, 5.74) is 1.38. The number of nitrogens with zero attached hydrogens (tertiary/aromatic N) is 2. The highest BCUT2D eigenvalue weighted by Gasteiger charge is 2.26. The van der Waals surface area contributed by atoms with Gasteiger partial charge in [0.05, 0.1) is 7.11 Å². The van der Waals surface area contributed by atoms with Crippen molar-refractivity contribution in [3.8, 4) is 5.75 Å². The quantitative estimate of drug-likeness (QED) is 0.772. The van der Waals surface area contributed by atoms with Gasteiger partial charge in [-0.3, -0.25) is 9.52 Å². The SMILES string of the molecule is COc1ccc(N2CCCC2=O)cc1S(=O)(=O)Nc1cc(C)c(Br)cn1. The van der Waals surface area contributed by atoms with Crippen LogP contribution in [-0.2, 0) is 14.8 Å². The first-order valence-corrected chi connectivity index (χ1v) is 10.2. The minimum atomic E-state index is -3.95. The van der Waals surface area contributed by atoms with Crippen LogP contribution >= 0.6 is 15.9 Å². The Bertz CT molecular complexity index is 962. The molecule has 0 aliphatic carbocycles. The molecule has 0 bridgehead atoms. The molecule has 0 spiro atoms. The number of anilines is 2. The third-order valence-corrected chi connectivity index (χ3v) is 6.31. The topological polar surface area (TPSA) is 88.6 Å². The summed E-state index contributed by atoms with van der Waals surface area (Å²) in [5.74, 6) is 0.383. The van der Waals surface area contributed by atoms with E-state index in [4.69, 9.17) is 4.74 Å². The zero-order valence-electron chi connectivity index (χ0n) is 14.3. The third-order valence-electron chi connectivity index (χ3n) is 4.11. The normalized spacial score (nSPS) is 14.6. The number of hydrogen-bond acceptors (Lipinski definition) is 5. The van der Waals surface area contributed by atoms with Gasteiger partial charge in [0.2, 0.25) is 5.91 Å². The second-order valence-corrected chi connectivity index (χ2v) is 8.41. The Balaban J connectivity index is 1.99. The molecule has 138 valence electrons. The molecule has 0 atom stereocenters. The molecule has 2 heterocycles. The number of halogens is 1. The molecule has 1 saturated heterocycles. The molecule has 1 fully saturated rings. The minimum Gasteiger partial charge on any atom is -0.495 e. The molecule has 1 aliphatic heterocycles. The van der Waals surface area contributed by atoms with E-state index in [9.17, 15) is 13.2 Å². The number of pyridine rings is 1. The number of methoxy groups -OCH3 is 1. The lowest BCUT2D eigenvalue weighted by Gasteiger charge is -2.18. The molecule has 2 aromatic rings. The van der Waals surface area contributed by atoms with Gasteiger partial charge in [-0.25, -0.2) is 13.4 Å². The molecule has 1 amide bonds. The number of carbonyl (C=O) groups excluding carboxylic acids is 1. The van der Waals surface area contributed by atoms with Gasteiger partial charge in [0.25, 0.3) is 10.0 Å². The first-order valence-electron chi connectivity index (χ1n) is 7.95. The molecule has 9 heteroatoms. The van der Waals surface area contributed by atoms with E-state index in [1.54, 1.807) is 23.1 Å². The number of aryl methyl sites for hydroxylation is 1. The van der Waals surface area contributed by atoms with Crippen LogP contribution in [0.2, 0.25) is 0 Å². The Kier molecular flexibility index (Phi) is 5.19. The molecule has 0 radical (unpaired) electrons. The highest BCUT2D eigenvalue weighted by atomic mass is 79.9. The van der Waals surface area contributed by atoms with E-state index >= 15 is 0 Å². The summed E-state index contributed by atoms with van der Waals surface area (Å²) < 4.78 is 34.2. The van der Waals surface area contributed by atoms with E-state index in [1.807, 2.05) is 6.92 Å². The summed E-state index contributed by atoms with van der Waals surface area (Å²) in [6, 6.07) is 6.32. The predicted molar refractivity (Wildman–Crippen MR) is 102 cm³/mol. The second-order valence-electron chi connectivity index (χ2n) is 5.91. The van der Waals surface area contributed by atoms with Gasteiger partial charge >= 0.3 is 0 Å². The first kappa shape index (κ1) is 18.7.